The third-order valence-electron chi connectivity index (χ3n) is 3.22. The summed E-state index contributed by atoms with van der Waals surface area (Å²) < 4.78 is 15.1. The normalized spacial score (nSPS) is 12.0. The number of hydrogen-bond donors (Lipinski definition) is 1. The van der Waals surface area contributed by atoms with E-state index < -0.39 is 0 Å². The van der Waals surface area contributed by atoms with Crippen LogP contribution in [-0.2, 0) is 0 Å². The number of hydrogen-bond acceptors (Lipinski definition) is 1. The van der Waals surface area contributed by atoms with Crippen LogP contribution in [0.15, 0.2) is 45.3 Å². The van der Waals surface area contributed by atoms with Gasteiger partial charge in [-0.1, -0.05) is 28.1 Å². The molecule has 0 saturated carbocycles. The highest BCUT2D eigenvalue weighted by Gasteiger charge is 2.15. The van der Waals surface area contributed by atoms with Crippen LogP contribution in [0.1, 0.15) is 34.5 Å². The highest BCUT2D eigenvalue weighted by molar-refractivity contribution is 9.11. The van der Waals surface area contributed by atoms with Gasteiger partial charge in [0, 0.05) is 8.95 Å². The molecule has 110 valence electrons. The van der Waals surface area contributed by atoms with Crippen LogP contribution >= 0.6 is 31.9 Å². The predicted molar refractivity (Wildman–Crippen MR) is 88.9 cm³/mol. The molecule has 0 aromatic heterocycles. The van der Waals surface area contributed by atoms with Crippen molar-refractivity contribution in [3.05, 3.63) is 67.9 Å². The van der Waals surface area contributed by atoms with E-state index >= 15 is 0 Å². The second-order valence-electron chi connectivity index (χ2n) is 4.83. The van der Waals surface area contributed by atoms with E-state index in [0.717, 1.165) is 10.0 Å². The van der Waals surface area contributed by atoms with E-state index in [1.54, 1.807) is 25.1 Å². The zero-order chi connectivity index (χ0) is 15.6. The molecular formula is C16H14Br2FNO. The van der Waals surface area contributed by atoms with Crippen molar-refractivity contribution < 1.29 is 9.18 Å². The summed E-state index contributed by atoms with van der Waals surface area (Å²) in [4.78, 5) is 12.3. The Hall–Kier alpha value is -1.20. The maximum Gasteiger partial charge on any atom is 0.252 e. The Morgan fingerprint density at radius 2 is 1.90 bits per heavy atom. The first-order valence-electron chi connectivity index (χ1n) is 6.40. The van der Waals surface area contributed by atoms with Gasteiger partial charge < -0.3 is 5.32 Å². The Morgan fingerprint density at radius 3 is 2.57 bits per heavy atom. The second-order valence-corrected chi connectivity index (χ2v) is 6.60. The van der Waals surface area contributed by atoms with E-state index in [9.17, 15) is 9.18 Å². The Balaban J connectivity index is 2.18. The average molecular weight is 415 g/mol. The summed E-state index contributed by atoms with van der Waals surface area (Å²) in [5, 5.41) is 2.87. The summed E-state index contributed by atoms with van der Waals surface area (Å²) in [5.74, 6) is -0.478. The fraction of sp³-hybridized carbons (Fsp3) is 0.188. The van der Waals surface area contributed by atoms with Gasteiger partial charge >= 0.3 is 0 Å². The molecule has 2 nitrogen and oxygen atoms in total. The zero-order valence-electron chi connectivity index (χ0n) is 11.6. The number of carbonyl (C=O) groups is 1. The molecule has 1 atom stereocenters. The molecule has 1 amide bonds. The molecule has 0 bridgehead atoms. The third kappa shape index (κ3) is 3.92. The third-order valence-corrected chi connectivity index (χ3v) is 4.40. The Labute approximate surface area is 140 Å². The lowest BCUT2D eigenvalue weighted by atomic mass is 10.1. The number of aryl methyl sites for hydroxylation is 1. The maximum absolute atomic E-state index is 13.6. The zero-order valence-corrected chi connectivity index (χ0v) is 14.8. The molecular weight excluding hydrogens is 401 g/mol. The molecule has 0 aliphatic rings. The van der Waals surface area contributed by atoms with Gasteiger partial charge in [0.25, 0.3) is 5.91 Å². The number of amides is 1. The van der Waals surface area contributed by atoms with Crippen LogP contribution in [0.4, 0.5) is 4.39 Å². The molecule has 2 aromatic carbocycles. The monoisotopic (exact) mass is 413 g/mol. The molecule has 0 spiro atoms. The van der Waals surface area contributed by atoms with Gasteiger partial charge in [-0.05, 0) is 65.2 Å². The van der Waals surface area contributed by atoms with Gasteiger partial charge in [-0.25, -0.2) is 4.39 Å². The van der Waals surface area contributed by atoms with Crippen molar-refractivity contribution in [1.29, 1.82) is 0 Å². The van der Waals surface area contributed by atoms with E-state index in [1.807, 2.05) is 19.1 Å². The van der Waals surface area contributed by atoms with Crippen molar-refractivity contribution in [1.82, 2.24) is 5.32 Å². The standard InChI is InChI=1S/C16H14Br2FNO/c1-9-3-4-11(7-15(9)19)10(2)20-16(21)13-8-12(17)5-6-14(13)18/h3-8,10H,1-2H3,(H,20,21). The van der Waals surface area contributed by atoms with Crippen molar-refractivity contribution in [2.45, 2.75) is 19.9 Å². The number of benzene rings is 2. The molecule has 0 saturated heterocycles. The molecule has 2 aromatic rings. The summed E-state index contributed by atoms with van der Waals surface area (Å²) >= 11 is 6.70. The molecule has 1 N–H and O–H groups in total. The Bertz CT molecular complexity index is 688. The van der Waals surface area contributed by atoms with Crippen molar-refractivity contribution in [3.8, 4) is 0 Å². The highest BCUT2D eigenvalue weighted by Crippen LogP contribution is 2.23. The quantitative estimate of drug-likeness (QED) is 0.739. The van der Waals surface area contributed by atoms with E-state index in [0.29, 0.717) is 15.6 Å². The maximum atomic E-state index is 13.6. The first kappa shape index (κ1) is 16.2. The Kier molecular flexibility index (Phi) is 5.17. The van der Waals surface area contributed by atoms with E-state index in [4.69, 9.17) is 0 Å². The average Bonchev–Trinajstić information content (AvgIpc) is 2.44. The van der Waals surface area contributed by atoms with E-state index in [1.165, 1.54) is 6.07 Å². The van der Waals surface area contributed by atoms with Crippen LogP contribution in [0, 0.1) is 12.7 Å². The van der Waals surface area contributed by atoms with Gasteiger partial charge in [-0.15, -0.1) is 0 Å². The summed E-state index contributed by atoms with van der Waals surface area (Å²) in [6, 6.07) is 10.1. The fourth-order valence-corrected chi connectivity index (χ4v) is 2.70. The fourth-order valence-electron chi connectivity index (χ4n) is 1.91. The van der Waals surface area contributed by atoms with Crippen LogP contribution in [0.2, 0.25) is 0 Å². The van der Waals surface area contributed by atoms with Crippen LogP contribution in [0.5, 0.6) is 0 Å². The molecule has 0 aliphatic carbocycles. The topological polar surface area (TPSA) is 29.1 Å². The van der Waals surface area contributed by atoms with Crippen LogP contribution < -0.4 is 5.32 Å². The lowest BCUT2D eigenvalue weighted by Gasteiger charge is -2.16. The van der Waals surface area contributed by atoms with Gasteiger partial charge in [-0.3, -0.25) is 4.79 Å². The SMILES string of the molecule is Cc1ccc(C(C)NC(=O)c2cc(Br)ccc2Br)cc1F. The smallest absolute Gasteiger partial charge is 0.252 e. The van der Waals surface area contributed by atoms with Crippen LogP contribution in [0.3, 0.4) is 0 Å². The van der Waals surface area contributed by atoms with Crippen LogP contribution in [0.25, 0.3) is 0 Å². The molecule has 21 heavy (non-hydrogen) atoms. The van der Waals surface area contributed by atoms with E-state index in [2.05, 4.69) is 37.2 Å². The summed E-state index contributed by atoms with van der Waals surface area (Å²) in [6.07, 6.45) is 0. The minimum atomic E-state index is -0.279. The van der Waals surface area contributed by atoms with Gasteiger partial charge in [-0.2, -0.15) is 0 Å². The van der Waals surface area contributed by atoms with Crippen molar-refractivity contribution in [2.75, 3.05) is 0 Å². The first-order valence-corrected chi connectivity index (χ1v) is 7.99. The number of nitrogens with one attached hydrogen (secondary N) is 1. The highest BCUT2D eigenvalue weighted by atomic mass is 79.9. The number of rotatable bonds is 3. The van der Waals surface area contributed by atoms with E-state index in [-0.39, 0.29) is 17.8 Å². The lowest BCUT2D eigenvalue weighted by molar-refractivity contribution is 0.0939. The minimum Gasteiger partial charge on any atom is -0.345 e. The largest absolute Gasteiger partial charge is 0.345 e. The van der Waals surface area contributed by atoms with Gasteiger partial charge in [0.15, 0.2) is 0 Å². The van der Waals surface area contributed by atoms with Crippen molar-refractivity contribution in [3.63, 3.8) is 0 Å². The Morgan fingerprint density at radius 1 is 1.19 bits per heavy atom. The molecule has 5 heteroatoms. The molecule has 2 rings (SSSR count). The summed E-state index contributed by atoms with van der Waals surface area (Å²) in [6.45, 7) is 3.54. The summed E-state index contributed by atoms with van der Waals surface area (Å²) in [5.41, 5.74) is 1.85. The lowest BCUT2D eigenvalue weighted by Crippen LogP contribution is -2.27. The summed E-state index contributed by atoms with van der Waals surface area (Å²) in [7, 11) is 0. The first-order chi connectivity index (χ1) is 9.88. The number of halogens is 3. The minimum absolute atomic E-state index is 0.211. The van der Waals surface area contributed by atoms with Crippen LogP contribution in [-0.4, -0.2) is 5.91 Å². The van der Waals surface area contributed by atoms with Gasteiger partial charge in [0.05, 0.1) is 11.6 Å². The molecule has 0 radical (unpaired) electrons. The second kappa shape index (κ2) is 6.71. The van der Waals surface area contributed by atoms with Crippen molar-refractivity contribution >= 4 is 37.8 Å². The molecule has 0 fully saturated rings. The molecule has 1 unspecified atom stereocenters. The van der Waals surface area contributed by atoms with Crippen molar-refractivity contribution in [2.24, 2.45) is 0 Å². The van der Waals surface area contributed by atoms with Gasteiger partial charge in [0.1, 0.15) is 5.82 Å². The molecule has 0 aliphatic heterocycles. The number of carbonyl (C=O) groups excluding carboxylic acids is 1. The molecule has 0 heterocycles. The predicted octanol–water partition coefficient (Wildman–Crippen LogP) is 5.15. The van der Waals surface area contributed by atoms with Gasteiger partial charge in [0.2, 0.25) is 0 Å².